The van der Waals surface area contributed by atoms with Gasteiger partial charge in [0.1, 0.15) is 0 Å². The molecule has 0 saturated carbocycles. The second kappa shape index (κ2) is 44.5. The lowest BCUT2D eigenvalue weighted by molar-refractivity contribution is -0.193. The molecule has 0 fully saturated rings. The van der Waals surface area contributed by atoms with Gasteiger partial charge in [-0.05, 0) is 126 Å². The van der Waals surface area contributed by atoms with E-state index in [1.807, 2.05) is 75.2 Å². The summed E-state index contributed by atoms with van der Waals surface area (Å²) in [5.41, 5.74) is 30.8. The zero-order valence-corrected chi connectivity index (χ0v) is 48.7. The van der Waals surface area contributed by atoms with Crippen molar-refractivity contribution in [2.75, 3.05) is 39.3 Å². The summed E-state index contributed by atoms with van der Waals surface area (Å²) in [6.07, 6.45) is 20.2. The number of azide groups is 3. The van der Waals surface area contributed by atoms with E-state index < -0.39 is 5.97 Å². The first kappa shape index (κ1) is 71.0. The van der Waals surface area contributed by atoms with Gasteiger partial charge in [0.05, 0.1) is 45.9 Å². The van der Waals surface area contributed by atoms with Crippen molar-refractivity contribution in [1.29, 1.82) is 0 Å². The van der Waals surface area contributed by atoms with E-state index in [-0.39, 0.29) is 24.3 Å². The lowest BCUT2D eigenvalue weighted by Crippen LogP contribution is -2.25. The summed E-state index contributed by atoms with van der Waals surface area (Å²) in [6, 6.07) is 11.8. The zero-order valence-electron chi connectivity index (χ0n) is 48.7. The molecule has 0 aliphatic carbocycles. The van der Waals surface area contributed by atoms with Crippen LogP contribution >= 0.6 is 0 Å². The zero-order chi connectivity index (χ0) is 61.5. The standard InChI is InChI=1S/C18H30N10O2.C17H30N10.C15H18N6.2CO2/c1-2-3-10-27-14-16(21-24-27)12-26(9-6-8-20-23-19)13-17-15-28(25-22-17)11-5-4-7-18(29)30;1-5-6-10-26-13-15(20-23-26)11-25(9-7-8-19-22-18)12-16-14-27(24-21-16)17(2,3)4;16-20-19-10-5-11-21(12-14-6-1-3-8-17-14)13-15-7-2-4-9-18-15;2*2-1-3/h14-15H,2-13H2,1H3,(H,29,30);13-14H,5-12H2,1-4H3;1-4,6-9H,5,10-13H2;;. The molecule has 6 aromatic rings. The van der Waals surface area contributed by atoms with Crippen molar-refractivity contribution in [1.82, 2.24) is 84.6 Å². The molecule has 32 heteroatoms. The molecule has 6 rings (SSSR count). The highest BCUT2D eigenvalue weighted by Gasteiger charge is 2.18. The van der Waals surface area contributed by atoms with Gasteiger partial charge in [0.25, 0.3) is 0 Å². The van der Waals surface area contributed by atoms with E-state index in [4.69, 9.17) is 40.9 Å². The van der Waals surface area contributed by atoms with Crippen LogP contribution in [0.4, 0.5) is 0 Å². The van der Waals surface area contributed by atoms with Crippen LogP contribution in [0.15, 0.2) is 88.9 Å². The van der Waals surface area contributed by atoms with Crippen molar-refractivity contribution in [3.05, 3.63) is 139 Å². The molecule has 6 aromatic heterocycles. The number of carbonyl (C=O) groups excluding carboxylic acids is 4. The van der Waals surface area contributed by atoms with E-state index in [2.05, 4.69) is 131 Å². The minimum Gasteiger partial charge on any atom is -0.481 e. The Kier molecular flexibility index (Phi) is 37.7. The first-order chi connectivity index (χ1) is 40.7. The number of rotatable bonds is 35. The molecule has 0 aliphatic heterocycles. The molecule has 452 valence electrons. The monoisotopic (exact) mass is 1160 g/mol. The molecule has 0 radical (unpaired) electrons. The summed E-state index contributed by atoms with van der Waals surface area (Å²) in [5, 5.41) is 53.4. The molecule has 0 unspecified atom stereocenters. The third kappa shape index (κ3) is 33.6. The van der Waals surface area contributed by atoms with E-state index in [1.165, 1.54) is 0 Å². The molecule has 32 nitrogen and oxygen atoms in total. The number of unbranched alkanes of at least 4 members (excludes halogenated alkanes) is 3. The SMILES string of the molecule is CCCCn1cc(CN(CCCN=[N+]=[N-])Cc2cn(C(C)(C)C)nn2)nn1.CCCCn1cc(CN(CCCN=[N+]=[N-])Cc2cn(CCCCC(=O)O)nn2)nn1.O=C=O.O=C=O.[N-]=[N+]=NCCCN(Cc1ccccn1)Cc1ccccn1. The fourth-order valence-corrected chi connectivity index (χ4v) is 7.68. The molecular formula is C52H78N26O6. The highest BCUT2D eigenvalue weighted by molar-refractivity contribution is 5.66. The first-order valence-electron chi connectivity index (χ1n) is 27.5. The Labute approximate surface area is 487 Å². The number of aryl methyl sites for hydroxylation is 3. The van der Waals surface area contributed by atoms with E-state index in [0.29, 0.717) is 58.8 Å². The van der Waals surface area contributed by atoms with Crippen LogP contribution in [-0.4, -0.2) is 147 Å². The lowest BCUT2D eigenvalue weighted by Gasteiger charge is -2.21. The number of hydrogen-bond acceptors (Lipinski definition) is 21. The maximum Gasteiger partial charge on any atom is 0.373 e. The normalized spacial score (nSPS) is 10.5. The van der Waals surface area contributed by atoms with E-state index in [1.54, 1.807) is 17.1 Å². The van der Waals surface area contributed by atoms with E-state index in [0.717, 1.165) is 131 Å². The Hall–Kier alpha value is -9.10. The van der Waals surface area contributed by atoms with E-state index >= 15 is 0 Å². The van der Waals surface area contributed by atoms with Crippen LogP contribution < -0.4 is 0 Å². The van der Waals surface area contributed by atoms with Crippen molar-refractivity contribution in [3.63, 3.8) is 0 Å². The second-order valence-corrected chi connectivity index (χ2v) is 19.7. The fraction of sp³-hybridized carbons (Fsp3) is 0.596. The molecule has 1 N–H and O–H groups in total. The number of hydrogen-bond donors (Lipinski definition) is 1. The number of carbonyl (C=O) groups is 1. The van der Waals surface area contributed by atoms with Gasteiger partial charge in [-0.25, -0.2) is 4.68 Å². The lowest BCUT2D eigenvalue weighted by atomic mass is 10.1. The van der Waals surface area contributed by atoms with Crippen LogP contribution in [0.2, 0.25) is 0 Å². The molecule has 6 heterocycles. The van der Waals surface area contributed by atoms with Crippen molar-refractivity contribution >= 4 is 18.3 Å². The van der Waals surface area contributed by atoms with Crippen molar-refractivity contribution in [3.8, 4) is 0 Å². The summed E-state index contributed by atoms with van der Waals surface area (Å²) < 4.78 is 7.38. The maximum absolute atomic E-state index is 10.6. The summed E-state index contributed by atoms with van der Waals surface area (Å²) in [4.78, 5) is 66.9. The topological polar surface area (TPSA) is 410 Å². The number of aliphatic carboxylic acids is 1. The van der Waals surface area contributed by atoms with Gasteiger partial charge in [-0.3, -0.25) is 43.5 Å². The molecule has 0 spiro atoms. The van der Waals surface area contributed by atoms with Crippen LogP contribution in [0.1, 0.15) is 133 Å². The molecule has 0 aliphatic rings. The Morgan fingerprint density at radius 1 is 0.524 bits per heavy atom. The second-order valence-electron chi connectivity index (χ2n) is 19.7. The number of carboxylic acid groups (broad SMARTS) is 1. The minimum atomic E-state index is -0.780. The summed E-state index contributed by atoms with van der Waals surface area (Å²) >= 11 is 0. The quantitative estimate of drug-likeness (QED) is 0.0172. The van der Waals surface area contributed by atoms with Crippen LogP contribution in [0.5, 0.6) is 0 Å². The minimum absolute atomic E-state index is 0.0977. The van der Waals surface area contributed by atoms with Gasteiger partial charge < -0.3 is 5.11 Å². The average molecular weight is 1160 g/mol. The fourth-order valence-electron chi connectivity index (χ4n) is 7.68. The first-order valence-corrected chi connectivity index (χ1v) is 27.5. The average Bonchev–Trinajstić information content (AvgIpc) is 4.40. The third-order valence-electron chi connectivity index (χ3n) is 11.6. The van der Waals surface area contributed by atoms with Crippen LogP contribution in [-0.2, 0) is 88.4 Å². The highest BCUT2D eigenvalue weighted by atomic mass is 16.4. The van der Waals surface area contributed by atoms with Crippen molar-refractivity contribution in [2.45, 2.75) is 163 Å². The van der Waals surface area contributed by atoms with Crippen molar-refractivity contribution < 1.29 is 29.1 Å². The Morgan fingerprint density at radius 3 is 1.18 bits per heavy atom. The molecule has 0 amide bonds. The van der Waals surface area contributed by atoms with Crippen molar-refractivity contribution in [2.24, 2.45) is 15.3 Å². The molecule has 0 bridgehead atoms. The van der Waals surface area contributed by atoms with Gasteiger partial charge in [-0.1, -0.05) is 75.0 Å². The molecule has 0 saturated heterocycles. The predicted molar refractivity (Wildman–Crippen MR) is 303 cm³/mol. The number of aromatic nitrogens is 14. The number of pyridine rings is 2. The van der Waals surface area contributed by atoms with E-state index in [9.17, 15) is 4.79 Å². The predicted octanol–water partition coefficient (Wildman–Crippen LogP) is 7.77. The molecule has 0 aromatic carbocycles. The largest absolute Gasteiger partial charge is 0.481 e. The number of nitrogens with zero attached hydrogens (tertiary/aromatic N) is 26. The summed E-state index contributed by atoms with van der Waals surface area (Å²) in [5.74, 6) is -0.780. The Balaban J connectivity index is 0.000000415. The smallest absolute Gasteiger partial charge is 0.373 e. The molecule has 0 atom stereocenters. The summed E-state index contributed by atoms with van der Waals surface area (Å²) in [6.45, 7) is 20.8. The number of carboxylic acids is 1. The maximum atomic E-state index is 10.6. The van der Waals surface area contributed by atoms with Gasteiger partial charge >= 0.3 is 18.3 Å². The summed E-state index contributed by atoms with van der Waals surface area (Å²) in [7, 11) is 0. The van der Waals surface area contributed by atoms with Crippen LogP contribution in [0.25, 0.3) is 31.3 Å². The molecular weight excluding hydrogens is 1080 g/mol. The van der Waals surface area contributed by atoms with Gasteiger partial charge in [0.15, 0.2) is 0 Å². The Bertz CT molecular complexity index is 2860. The third-order valence-corrected chi connectivity index (χ3v) is 11.6. The highest BCUT2D eigenvalue weighted by Crippen LogP contribution is 2.15. The molecule has 84 heavy (non-hydrogen) atoms. The Morgan fingerprint density at radius 2 is 0.869 bits per heavy atom. The van der Waals surface area contributed by atoms with Gasteiger partial charge in [-0.15, -0.1) is 20.4 Å². The van der Waals surface area contributed by atoms with Gasteiger partial charge in [0.2, 0.25) is 0 Å². The van der Waals surface area contributed by atoms with Crippen LogP contribution in [0.3, 0.4) is 0 Å². The van der Waals surface area contributed by atoms with Gasteiger partial charge in [-0.2, -0.15) is 19.2 Å². The van der Waals surface area contributed by atoms with Crippen LogP contribution in [0, 0.1) is 0 Å². The van der Waals surface area contributed by atoms with Gasteiger partial charge in [0, 0.05) is 131 Å².